The molecule has 1 atom stereocenters. The Balaban J connectivity index is 1.72. The number of nitrogens with zero attached hydrogens (tertiary/aromatic N) is 1. The van der Waals surface area contributed by atoms with Gasteiger partial charge in [0.15, 0.2) is 6.73 Å². The van der Waals surface area contributed by atoms with E-state index in [1.54, 1.807) is 4.90 Å². The van der Waals surface area contributed by atoms with Crippen molar-refractivity contribution in [2.45, 2.75) is 83.5 Å². The van der Waals surface area contributed by atoms with Gasteiger partial charge in [0.05, 0.1) is 11.1 Å². The second kappa shape index (κ2) is 9.32. The molecule has 2 aliphatic heterocycles. The van der Waals surface area contributed by atoms with Crippen molar-refractivity contribution in [3.63, 3.8) is 0 Å². The highest BCUT2D eigenvalue weighted by Crippen LogP contribution is 2.49. The molecule has 1 N–H and O–H groups in total. The van der Waals surface area contributed by atoms with Crippen LogP contribution in [0.2, 0.25) is 0 Å². The third kappa shape index (κ3) is 4.39. The van der Waals surface area contributed by atoms with Crippen LogP contribution in [-0.2, 0) is 19.7 Å². The Morgan fingerprint density at radius 3 is 2.55 bits per heavy atom. The second-order valence-electron chi connectivity index (χ2n) is 10.2. The Hall–Kier alpha value is -1.88. The lowest BCUT2D eigenvalue weighted by Crippen LogP contribution is -2.47. The van der Waals surface area contributed by atoms with Crippen molar-refractivity contribution in [2.24, 2.45) is 11.8 Å². The Morgan fingerprint density at radius 2 is 1.90 bits per heavy atom. The van der Waals surface area contributed by atoms with Gasteiger partial charge in [-0.3, -0.25) is 14.5 Å². The monoisotopic (exact) mass is 426 g/mol. The number of nitrogens with one attached hydrogen (secondary N) is 1. The number of carbonyl (C=O) groups excluding carboxylic acids is 2. The van der Waals surface area contributed by atoms with E-state index < -0.39 is 5.41 Å². The van der Waals surface area contributed by atoms with Crippen LogP contribution in [0.25, 0.3) is 0 Å². The van der Waals surface area contributed by atoms with E-state index in [9.17, 15) is 9.59 Å². The van der Waals surface area contributed by atoms with Crippen LogP contribution in [0.5, 0.6) is 0 Å². The summed E-state index contributed by atoms with van der Waals surface area (Å²) in [6, 6.07) is 6.72. The minimum absolute atomic E-state index is 0.00768. The first kappa shape index (κ1) is 22.3. The maximum atomic E-state index is 13.6. The number of carbonyl (C=O) groups is 2. The Labute approximate surface area is 186 Å². The molecule has 4 rings (SSSR count). The Bertz CT molecular complexity index is 807. The number of benzene rings is 1. The molecule has 1 aromatic carbocycles. The lowest BCUT2D eigenvalue weighted by molar-refractivity contribution is -0.141. The van der Waals surface area contributed by atoms with Crippen LogP contribution in [0.4, 0.5) is 5.69 Å². The van der Waals surface area contributed by atoms with Crippen molar-refractivity contribution in [3.05, 3.63) is 29.3 Å². The van der Waals surface area contributed by atoms with E-state index in [0.717, 1.165) is 43.1 Å². The van der Waals surface area contributed by atoms with E-state index in [2.05, 4.69) is 37.4 Å². The number of ether oxygens (including phenoxy) is 1. The molecular weight excluding hydrogens is 388 g/mol. The van der Waals surface area contributed by atoms with Crippen LogP contribution in [0.15, 0.2) is 18.2 Å². The first-order valence-electron chi connectivity index (χ1n) is 12.2. The summed E-state index contributed by atoms with van der Waals surface area (Å²) in [5.74, 6) is 1.69. The van der Waals surface area contributed by atoms with Gasteiger partial charge in [-0.1, -0.05) is 45.2 Å². The summed E-state index contributed by atoms with van der Waals surface area (Å²) in [5.41, 5.74) is 3.02. The van der Waals surface area contributed by atoms with E-state index >= 15 is 0 Å². The smallest absolute Gasteiger partial charge is 0.304 e. The standard InChI is InChI=1S/C26H38N2O3/c1-18(2)15-22(20-7-5-4-6-8-20)21-9-10-24-23(16-21)26(11-13-27-14-12-26)25(30)28(24)17-31-19(3)29/h9-10,16,18,20,22,27H,4-8,11-15,17H2,1-3H3. The Morgan fingerprint density at radius 1 is 1.19 bits per heavy atom. The first-order chi connectivity index (χ1) is 14.9. The zero-order chi connectivity index (χ0) is 22.0. The summed E-state index contributed by atoms with van der Waals surface area (Å²) in [6.45, 7) is 7.73. The molecule has 0 radical (unpaired) electrons. The average Bonchev–Trinajstić information content (AvgIpc) is 2.99. The molecule has 1 saturated heterocycles. The molecule has 2 fully saturated rings. The number of rotatable bonds is 6. The number of fused-ring (bicyclic) bond motifs is 2. The fraction of sp³-hybridized carbons (Fsp3) is 0.692. The molecule has 170 valence electrons. The molecule has 1 saturated carbocycles. The lowest BCUT2D eigenvalue weighted by Gasteiger charge is -2.34. The molecule has 1 aliphatic carbocycles. The van der Waals surface area contributed by atoms with Crippen LogP contribution >= 0.6 is 0 Å². The largest absolute Gasteiger partial charge is 0.444 e. The molecular formula is C26H38N2O3. The van der Waals surface area contributed by atoms with Gasteiger partial charge in [-0.25, -0.2) is 0 Å². The third-order valence-corrected chi connectivity index (χ3v) is 7.71. The summed E-state index contributed by atoms with van der Waals surface area (Å²) < 4.78 is 5.26. The van der Waals surface area contributed by atoms with Crippen molar-refractivity contribution < 1.29 is 14.3 Å². The Kier molecular flexibility index (Phi) is 6.71. The molecule has 5 nitrogen and oxygen atoms in total. The van der Waals surface area contributed by atoms with Crippen LogP contribution in [0.3, 0.4) is 0 Å². The van der Waals surface area contributed by atoms with Crippen molar-refractivity contribution >= 4 is 17.6 Å². The molecule has 1 spiro atoms. The zero-order valence-electron chi connectivity index (χ0n) is 19.4. The summed E-state index contributed by atoms with van der Waals surface area (Å²) in [4.78, 5) is 26.8. The number of hydrogen-bond donors (Lipinski definition) is 1. The predicted octanol–water partition coefficient (Wildman–Crippen LogP) is 4.89. The molecule has 0 bridgehead atoms. The molecule has 3 aliphatic rings. The van der Waals surface area contributed by atoms with Crippen molar-refractivity contribution in [3.8, 4) is 0 Å². The van der Waals surface area contributed by atoms with E-state index in [-0.39, 0.29) is 18.6 Å². The summed E-state index contributed by atoms with van der Waals surface area (Å²) >= 11 is 0. The molecule has 0 aromatic heterocycles. The zero-order valence-corrected chi connectivity index (χ0v) is 19.4. The van der Waals surface area contributed by atoms with E-state index in [1.807, 2.05) is 0 Å². The highest BCUT2D eigenvalue weighted by atomic mass is 16.5. The minimum Gasteiger partial charge on any atom is -0.444 e. The van der Waals surface area contributed by atoms with Crippen molar-refractivity contribution in [2.75, 3.05) is 24.7 Å². The molecule has 5 heteroatoms. The van der Waals surface area contributed by atoms with Crippen LogP contribution in [0, 0.1) is 11.8 Å². The van der Waals surface area contributed by atoms with Crippen LogP contribution < -0.4 is 10.2 Å². The van der Waals surface area contributed by atoms with Gasteiger partial charge in [0.2, 0.25) is 5.91 Å². The van der Waals surface area contributed by atoms with Gasteiger partial charge in [-0.05, 0) is 80.1 Å². The molecule has 1 unspecified atom stereocenters. The molecule has 1 aromatic rings. The normalized spacial score (nSPS) is 22.1. The van der Waals surface area contributed by atoms with Gasteiger partial charge in [0.1, 0.15) is 0 Å². The summed E-state index contributed by atoms with van der Waals surface area (Å²) in [6.07, 6.45) is 9.49. The minimum atomic E-state index is -0.480. The van der Waals surface area contributed by atoms with Gasteiger partial charge < -0.3 is 10.1 Å². The fourth-order valence-corrected chi connectivity index (χ4v) is 6.15. The summed E-state index contributed by atoms with van der Waals surface area (Å²) in [5, 5.41) is 3.41. The third-order valence-electron chi connectivity index (χ3n) is 7.71. The van der Waals surface area contributed by atoms with Crippen molar-refractivity contribution in [1.29, 1.82) is 0 Å². The van der Waals surface area contributed by atoms with Crippen LogP contribution in [-0.4, -0.2) is 31.7 Å². The maximum Gasteiger partial charge on any atom is 0.304 e. The number of piperidine rings is 1. The lowest BCUT2D eigenvalue weighted by atomic mass is 9.70. The SMILES string of the molecule is CC(=O)OCN1C(=O)C2(CCNCC2)c2cc(C(CC(C)C)C3CCCCC3)ccc21. The maximum absolute atomic E-state index is 13.6. The number of amides is 1. The first-order valence-corrected chi connectivity index (χ1v) is 12.2. The van der Waals surface area contributed by atoms with Gasteiger partial charge in [0.25, 0.3) is 0 Å². The molecule has 2 heterocycles. The number of anilines is 1. The molecule has 31 heavy (non-hydrogen) atoms. The predicted molar refractivity (Wildman–Crippen MR) is 123 cm³/mol. The van der Waals surface area contributed by atoms with Gasteiger partial charge in [-0.2, -0.15) is 0 Å². The second-order valence-corrected chi connectivity index (χ2v) is 10.2. The van der Waals surface area contributed by atoms with Gasteiger partial charge in [0, 0.05) is 6.92 Å². The van der Waals surface area contributed by atoms with Gasteiger partial charge in [-0.15, -0.1) is 0 Å². The van der Waals surface area contributed by atoms with E-state index in [4.69, 9.17) is 4.74 Å². The fourth-order valence-electron chi connectivity index (χ4n) is 6.15. The summed E-state index contributed by atoms with van der Waals surface area (Å²) in [7, 11) is 0. The quantitative estimate of drug-likeness (QED) is 0.658. The average molecular weight is 427 g/mol. The topological polar surface area (TPSA) is 58.6 Å². The highest BCUT2D eigenvalue weighted by Gasteiger charge is 2.51. The van der Waals surface area contributed by atoms with Crippen molar-refractivity contribution in [1.82, 2.24) is 5.32 Å². The van der Waals surface area contributed by atoms with E-state index in [0.29, 0.717) is 11.8 Å². The van der Waals surface area contributed by atoms with E-state index in [1.165, 1.54) is 51.0 Å². The van der Waals surface area contributed by atoms with Gasteiger partial charge >= 0.3 is 5.97 Å². The highest BCUT2D eigenvalue weighted by molar-refractivity contribution is 6.08. The van der Waals surface area contributed by atoms with Crippen LogP contribution in [0.1, 0.15) is 89.2 Å². The number of hydrogen-bond acceptors (Lipinski definition) is 4. The number of esters is 1. The molecule has 1 amide bonds.